The zero-order chi connectivity index (χ0) is 13.9. The molecule has 0 atom stereocenters. The second-order valence-electron chi connectivity index (χ2n) is 4.36. The summed E-state index contributed by atoms with van der Waals surface area (Å²) >= 11 is 0. The number of fused-ring (bicyclic) bond motifs is 1. The van der Waals surface area contributed by atoms with Crippen molar-refractivity contribution >= 4 is 23.1 Å². The first kappa shape index (κ1) is 12.2. The van der Waals surface area contributed by atoms with Crippen molar-refractivity contribution < 1.29 is 5.11 Å². The molecule has 0 fully saturated rings. The van der Waals surface area contributed by atoms with Crippen LogP contribution in [0.25, 0.3) is 23.1 Å². The standard InChI is InChI=1S/C16H12N2O2/c19-14-8-4-1-5-11(14)9-10-15-17-13-7-3-2-6-12(13)16(20)18-15/h1-10,19H,(H,17,18,20)/b10-9+. The number of aromatic nitrogens is 2. The predicted molar refractivity (Wildman–Crippen MR) is 79.4 cm³/mol. The Labute approximate surface area is 115 Å². The van der Waals surface area contributed by atoms with Gasteiger partial charge in [0.25, 0.3) is 5.56 Å². The Morgan fingerprint density at radius 1 is 1.00 bits per heavy atom. The summed E-state index contributed by atoms with van der Waals surface area (Å²) in [6, 6.07) is 14.1. The lowest BCUT2D eigenvalue weighted by molar-refractivity contribution is 0.474. The maximum atomic E-state index is 11.9. The number of nitrogens with zero attached hydrogens (tertiary/aromatic N) is 1. The second-order valence-corrected chi connectivity index (χ2v) is 4.36. The van der Waals surface area contributed by atoms with Gasteiger partial charge >= 0.3 is 0 Å². The number of nitrogens with one attached hydrogen (secondary N) is 1. The zero-order valence-corrected chi connectivity index (χ0v) is 10.6. The van der Waals surface area contributed by atoms with Gasteiger partial charge in [0.15, 0.2) is 0 Å². The third-order valence-electron chi connectivity index (χ3n) is 2.99. The molecule has 20 heavy (non-hydrogen) atoms. The molecule has 4 nitrogen and oxygen atoms in total. The first-order chi connectivity index (χ1) is 9.74. The molecule has 0 aliphatic rings. The van der Waals surface area contributed by atoms with E-state index in [9.17, 15) is 9.90 Å². The molecule has 4 heteroatoms. The number of hydrogen-bond donors (Lipinski definition) is 2. The number of hydrogen-bond acceptors (Lipinski definition) is 3. The van der Waals surface area contributed by atoms with E-state index in [0.29, 0.717) is 22.3 Å². The summed E-state index contributed by atoms with van der Waals surface area (Å²) in [5.41, 5.74) is 1.14. The monoisotopic (exact) mass is 264 g/mol. The van der Waals surface area contributed by atoms with E-state index in [0.717, 1.165) is 0 Å². The van der Waals surface area contributed by atoms with Crippen molar-refractivity contribution in [2.75, 3.05) is 0 Å². The van der Waals surface area contributed by atoms with E-state index < -0.39 is 0 Å². The summed E-state index contributed by atoms with van der Waals surface area (Å²) in [6.45, 7) is 0. The highest BCUT2D eigenvalue weighted by atomic mass is 16.3. The number of para-hydroxylation sites is 2. The number of aromatic amines is 1. The number of rotatable bonds is 2. The first-order valence-corrected chi connectivity index (χ1v) is 6.19. The van der Waals surface area contributed by atoms with Crippen molar-refractivity contribution in [2.24, 2.45) is 0 Å². The van der Waals surface area contributed by atoms with Crippen LogP contribution in [0.1, 0.15) is 11.4 Å². The largest absolute Gasteiger partial charge is 0.507 e. The molecule has 0 aliphatic heterocycles. The van der Waals surface area contributed by atoms with E-state index in [2.05, 4.69) is 9.97 Å². The first-order valence-electron chi connectivity index (χ1n) is 6.19. The summed E-state index contributed by atoms with van der Waals surface area (Å²) in [7, 11) is 0. The highest BCUT2D eigenvalue weighted by molar-refractivity contribution is 5.79. The van der Waals surface area contributed by atoms with E-state index in [-0.39, 0.29) is 11.3 Å². The number of benzene rings is 2. The van der Waals surface area contributed by atoms with Crippen molar-refractivity contribution in [3.63, 3.8) is 0 Å². The van der Waals surface area contributed by atoms with Gasteiger partial charge in [0.05, 0.1) is 10.9 Å². The minimum absolute atomic E-state index is 0.174. The van der Waals surface area contributed by atoms with Crippen LogP contribution in [0.5, 0.6) is 5.75 Å². The molecule has 3 aromatic rings. The van der Waals surface area contributed by atoms with Crippen molar-refractivity contribution in [3.8, 4) is 5.75 Å². The lowest BCUT2D eigenvalue weighted by Crippen LogP contribution is -2.09. The van der Waals surface area contributed by atoms with Gasteiger partial charge in [-0.05, 0) is 30.4 Å². The minimum Gasteiger partial charge on any atom is -0.507 e. The molecule has 2 N–H and O–H groups in total. The van der Waals surface area contributed by atoms with Gasteiger partial charge in [0, 0.05) is 5.56 Å². The molecule has 98 valence electrons. The Morgan fingerprint density at radius 3 is 2.60 bits per heavy atom. The highest BCUT2D eigenvalue weighted by Crippen LogP contribution is 2.18. The van der Waals surface area contributed by atoms with Gasteiger partial charge < -0.3 is 10.1 Å². The van der Waals surface area contributed by atoms with E-state index in [1.54, 1.807) is 48.6 Å². The van der Waals surface area contributed by atoms with Crippen LogP contribution in [0, 0.1) is 0 Å². The fourth-order valence-corrected chi connectivity index (χ4v) is 1.98. The predicted octanol–water partition coefficient (Wildman–Crippen LogP) is 2.80. The fraction of sp³-hybridized carbons (Fsp3) is 0. The third-order valence-corrected chi connectivity index (χ3v) is 2.99. The van der Waals surface area contributed by atoms with Gasteiger partial charge in [-0.1, -0.05) is 30.3 Å². The van der Waals surface area contributed by atoms with Crippen LogP contribution in [0.15, 0.2) is 53.3 Å². The van der Waals surface area contributed by atoms with Gasteiger partial charge in [0.1, 0.15) is 11.6 Å². The zero-order valence-electron chi connectivity index (χ0n) is 10.6. The van der Waals surface area contributed by atoms with E-state index in [1.165, 1.54) is 0 Å². The maximum absolute atomic E-state index is 11.9. The molecule has 0 saturated carbocycles. The molecule has 0 amide bonds. The normalized spacial score (nSPS) is 11.2. The lowest BCUT2D eigenvalue weighted by atomic mass is 10.2. The Kier molecular flexibility index (Phi) is 3.05. The molecule has 0 saturated heterocycles. The van der Waals surface area contributed by atoms with Gasteiger partial charge in [-0.3, -0.25) is 4.79 Å². The van der Waals surface area contributed by atoms with Gasteiger partial charge in [-0.15, -0.1) is 0 Å². The van der Waals surface area contributed by atoms with Crippen LogP contribution >= 0.6 is 0 Å². The number of phenolic OH excluding ortho intramolecular Hbond substituents is 1. The topological polar surface area (TPSA) is 66.0 Å². The van der Waals surface area contributed by atoms with Crippen LogP contribution in [0.3, 0.4) is 0 Å². The van der Waals surface area contributed by atoms with Crippen molar-refractivity contribution in [1.82, 2.24) is 9.97 Å². The summed E-state index contributed by atoms with van der Waals surface area (Å²) in [6.07, 6.45) is 3.38. The van der Waals surface area contributed by atoms with Crippen LogP contribution in [0.2, 0.25) is 0 Å². The minimum atomic E-state index is -0.174. The Morgan fingerprint density at radius 2 is 1.75 bits per heavy atom. The van der Waals surface area contributed by atoms with Crippen LogP contribution < -0.4 is 5.56 Å². The molecule has 0 spiro atoms. The SMILES string of the molecule is O=c1[nH]c(/C=C/c2ccccc2O)nc2ccccc12. The summed E-state index contributed by atoms with van der Waals surface area (Å²) in [5, 5.41) is 10.2. The molecule has 0 radical (unpaired) electrons. The van der Waals surface area contributed by atoms with Crippen LogP contribution in [-0.4, -0.2) is 15.1 Å². The maximum Gasteiger partial charge on any atom is 0.259 e. The summed E-state index contributed by atoms with van der Waals surface area (Å²) in [4.78, 5) is 19.0. The fourth-order valence-electron chi connectivity index (χ4n) is 1.98. The second kappa shape index (κ2) is 5.01. The Bertz CT molecular complexity index is 850. The van der Waals surface area contributed by atoms with E-state index in [1.807, 2.05) is 12.1 Å². The van der Waals surface area contributed by atoms with Crippen LogP contribution in [0.4, 0.5) is 0 Å². The number of phenols is 1. The van der Waals surface area contributed by atoms with Gasteiger partial charge in [-0.2, -0.15) is 0 Å². The molecule has 0 aliphatic carbocycles. The van der Waals surface area contributed by atoms with Crippen molar-refractivity contribution in [3.05, 3.63) is 70.3 Å². The molecular formula is C16H12N2O2. The summed E-state index contributed by atoms with van der Waals surface area (Å²) in [5.74, 6) is 0.642. The quantitative estimate of drug-likeness (QED) is 0.748. The molecule has 2 aromatic carbocycles. The van der Waals surface area contributed by atoms with Gasteiger partial charge in [-0.25, -0.2) is 4.98 Å². The average Bonchev–Trinajstić information content (AvgIpc) is 2.46. The Balaban J connectivity index is 2.04. The molecule has 1 aromatic heterocycles. The van der Waals surface area contributed by atoms with E-state index in [4.69, 9.17) is 0 Å². The highest BCUT2D eigenvalue weighted by Gasteiger charge is 2.01. The number of H-pyrrole nitrogens is 1. The number of aromatic hydroxyl groups is 1. The smallest absolute Gasteiger partial charge is 0.259 e. The molecular weight excluding hydrogens is 252 g/mol. The Hall–Kier alpha value is -2.88. The molecule has 3 rings (SSSR count). The van der Waals surface area contributed by atoms with E-state index >= 15 is 0 Å². The average molecular weight is 264 g/mol. The molecule has 0 unspecified atom stereocenters. The van der Waals surface area contributed by atoms with Gasteiger partial charge in [0.2, 0.25) is 0 Å². The molecule has 0 bridgehead atoms. The van der Waals surface area contributed by atoms with Crippen molar-refractivity contribution in [1.29, 1.82) is 0 Å². The van der Waals surface area contributed by atoms with Crippen molar-refractivity contribution in [2.45, 2.75) is 0 Å². The third kappa shape index (κ3) is 2.31. The molecule has 1 heterocycles. The lowest BCUT2D eigenvalue weighted by Gasteiger charge is -1.99. The van der Waals surface area contributed by atoms with Crippen LogP contribution in [-0.2, 0) is 0 Å². The summed E-state index contributed by atoms with van der Waals surface area (Å²) < 4.78 is 0.